The molecular formula is C9H2Cl4N2O2. The molecule has 17 heavy (non-hydrogen) atoms. The zero-order chi connectivity index (χ0) is 12.7. The molecule has 0 aliphatic carbocycles. The van der Waals surface area contributed by atoms with Gasteiger partial charge in [-0.05, 0) is 12.1 Å². The maximum absolute atomic E-state index is 10.8. The Morgan fingerprint density at radius 3 is 2.29 bits per heavy atom. The average molecular weight is 312 g/mol. The maximum Gasteiger partial charge on any atom is 0.325 e. The molecule has 0 atom stereocenters. The van der Waals surface area contributed by atoms with E-state index in [-0.39, 0.29) is 20.2 Å². The number of fused-ring (bicyclic) bond motifs is 1. The largest absolute Gasteiger partial charge is 0.325 e. The SMILES string of the molecule is O=[N+]([O-])c1c(Cl)nc2cc(Cl)c(Cl)cc2c1Cl. The standard InChI is InChI=1S/C9H2Cl4N2O2/c10-4-1-3-6(2-5(4)11)14-9(13)8(7(3)12)15(16)17/h1-2H. The summed E-state index contributed by atoms with van der Waals surface area (Å²) in [6.45, 7) is 0. The van der Waals surface area contributed by atoms with Crippen LogP contribution in [0.2, 0.25) is 20.2 Å². The minimum absolute atomic E-state index is 0.108. The van der Waals surface area contributed by atoms with E-state index in [9.17, 15) is 10.1 Å². The molecule has 0 aliphatic rings. The fourth-order valence-electron chi connectivity index (χ4n) is 1.34. The topological polar surface area (TPSA) is 56.0 Å². The zero-order valence-electron chi connectivity index (χ0n) is 7.88. The van der Waals surface area contributed by atoms with Crippen molar-refractivity contribution >= 4 is 63.0 Å². The number of rotatable bonds is 1. The number of nitrogens with zero attached hydrogens (tertiary/aromatic N) is 2. The summed E-state index contributed by atoms with van der Waals surface area (Å²) >= 11 is 23.2. The summed E-state index contributed by atoms with van der Waals surface area (Å²) in [5.74, 6) is 0. The minimum Gasteiger partial charge on any atom is -0.258 e. The highest BCUT2D eigenvalue weighted by Crippen LogP contribution is 2.39. The second-order valence-corrected chi connectivity index (χ2v) is 4.66. The van der Waals surface area contributed by atoms with Gasteiger partial charge in [-0.1, -0.05) is 46.4 Å². The van der Waals surface area contributed by atoms with E-state index >= 15 is 0 Å². The fraction of sp³-hybridized carbons (Fsp3) is 0. The van der Waals surface area contributed by atoms with Crippen LogP contribution in [0.25, 0.3) is 10.9 Å². The number of aromatic nitrogens is 1. The fourth-order valence-corrected chi connectivity index (χ4v) is 2.27. The van der Waals surface area contributed by atoms with Crippen molar-refractivity contribution < 1.29 is 4.92 Å². The highest BCUT2D eigenvalue weighted by Gasteiger charge is 2.23. The van der Waals surface area contributed by atoms with Crippen molar-refractivity contribution in [2.24, 2.45) is 0 Å². The van der Waals surface area contributed by atoms with Crippen molar-refractivity contribution in [3.63, 3.8) is 0 Å². The Morgan fingerprint density at radius 1 is 1.12 bits per heavy atom. The maximum atomic E-state index is 10.8. The summed E-state index contributed by atoms with van der Waals surface area (Å²) in [5.41, 5.74) is -0.0979. The van der Waals surface area contributed by atoms with Gasteiger partial charge in [-0.15, -0.1) is 0 Å². The minimum atomic E-state index is -0.695. The van der Waals surface area contributed by atoms with E-state index in [2.05, 4.69) is 4.98 Å². The van der Waals surface area contributed by atoms with Crippen LogP contribution >= 0.6 is 46.4 Å². The molecule has 0 amide bonds. The molecule has 0 unspecified atom stereocenters. The van der Waals surface area contributed by atoms with Gasteiger partial charge in [0.1, 0.15) is 5.02 Å². The third-order valence-corrected chi connectivity index (χ3v) is 3.45. The number of pyridine rings is 1. The molecule has 0 radical (unpaired) electrons. The van der Waals surface area contributed by atoms with Crippen molar-refractivity contribution in [1.82, 2.24) is 4.98 Å². The highest BCUT2D eigenvalue weighted by molar-refractivity contribution is 6.45. The van der Waals surface area contributed by atoms with Crippen LogP contribution in [0.5, 0.6) is 0 Å². The highest BCUT2D eigenvalue weighted by atomic mass is 35.5. The smallest absolute Gasteiger partial charge is 0.258 e. The molecule has 1 heterocycles. The molecule has 0 aliphatic heterocycles. The van der Waals surface area contributed by atoms with Crippen molar-refractivity contribution in [2.45, 2.75) is 0 Å². The third kappa shape index (κ3) is 2.13. The molecule has 2 aromatic rings. The number of halogens is 4. The molecule has 88 valence electrons. The van der Waals surface area contributed by atoms with E-state index < -0.39 is 10.6 Å². The monoisotopic (exact) mass is 310 g/mol. The van der Waals surface area contributed by atoms with E-state index in [1.54, 1.807) is 0 Å². The Bertz CT molecular complexity index is 645. The van der Waals surface area contributed by atoms with Gasteiger partial charge in [0, 0.05) is 5.39 Å². The van der Waals surface area contributed by atoms with Crippen molar-refractivity contribution in [3.8, 4) is 0 Å². The second-order valence-electron chi connectivity index (χ2n) is 3.11. The molecule has 0 fully saturated rings. The van der Waals surface area contributed by atoms with Gasteiger partial charge in [-0.3, -0.25) is 10.1 Å². The summed E-state index contributed by atoms with van der Waals surface area (Å²) < 4.78 is 0. The average Bonchev–Trinajstić information content (AvgIpc) is 2.21. The lowest BCUT2D eigenvalue weighted by Gasteiger charge is -2.04. The predicted octanol–water partition coefficient (Wildman–Crippen LogP) is 4.76. The van der Waals surface area contributed by atoms with Crippen LogP contribution in [0.15, 0.2) is 12.1 Å². The quantitative estimate of drug-likeness (QED) is 0.433. The first kappa shape index (κ1) is 12.6. The van der Waals surface area contributed by atoms with Crippen LogP contribution in [0.4, 0.5) is 5.69 Å². The van der Waals surface area contributed by atoms with Gasteiger partial charge in [0.15, 0.2) is 0 Å². The van der Waals surface area contributed by atoms with Gasteiger partial charge in [-0.25, -0.2) is 4.98 Å². The van der Waals surface area contributed by atoms with Gasteiger partial charge in [0.25, 0.3) is 0 Å². The van der Waals surface area contributed by atoms with Crippen LogP contribution in [0.3, 0.4) is 0 Å². The number of nitro groups is 1. The van der Waals surface area contributed by atoms with Crippen LogP contribution in [0, 0.1) is 10.1 Å². The van der Waals surface area contributed by atoms with E-state index in [4.69, 9.17) is 46.4 Å². The molecular weight excluding hydrogens is 310 g/mol. The van der Waals surface area contributed by atoms with Crippen LogP contribution < -0.4 is 0 Å². The normalized spacial score (nSPS) is 10.8. The number of hydrogen-bond donors (Lipinski definition) is 0. The van der Waals surface area contributed by atoms with Gasteiger partial charge < -0.3 is 0 Å². The van der Waals surface area contributed by atoms with Gasteiger partial charge in [-0.2, -0.15) is 0 Å². The zero-order valence-corrected chi connectivity index (χ0v) is 10.9. The summed E-state index contributed by atoms with van der Waals surface area (Å²) in [7, 11) is 0. The Hall–Kier alpha value is -0.810. The summed E-state index contributed by atoms with van der Waals surface area (Å²) in [5, 5.41) is 11.2. The van der Waals surface area contributed by atoms with E-state index in [1.165, 1.54) is 12.1 Å². The Balaban J connectivity index is 2.92. The lowest BCUT2D eigenvalue weighted by molar-refractivity contribution is -0.384. The van der Waals surface area contributed by atoms with Crippen LogP contribution in [-0.4, -0.2) is 9.91 Å². The number of hydrogen-bond acceptors (Lipinski definition) is 3. The van der Waals surface area contributed by atoms with Crippen molar-refractivity contribution in [1.29, 1.82) is 0 Å². The van der Waals surface area contributed by atoms with Crippen molar-refractivity contribution in [2.75, 3.05) is 0 Å². The lowest BCUT2D eigenvalue weighted by Crippen LogP contribution is -1.94. The Kier molecular flexibility index (Phi) is 3.32. The first-order valence-corrected chi connectivity index (χ1v) is 5.71. The molecule has 4 nitrogen and oxygen atoms in total. The Labute approximate surface area is 115 Å². The molecule has 2 rings (SSSR count). The summed E-state index contributed by atoms with van der Waals surface area (Å²) in [6, 6.07) is 2.86. The molecule has 8 heteroatoms. The van der Waals surface area contributed by atoms with Crippen LogP contribution in [-0.2, 0) is 0 Å². The lowest BCUT2D eigenvalue weighted by atomic mass is 10.2. The van der Waals surface area contributed by atoms with Crippen LogP contribution in [0.1, 0.15) is 0 Å². The van der Waals surface area contributed by atoms with Gasteiger partial charge in [0.05, 0.1) is 20.5 Å². The molecule has 0 saturated heterocycles. The van der Waals surface area contributed by atoms with Gasteiger partial charge in [0.2, 0.25) is 5.15 Å². The molecule has 1 aromatic carbocycles. The molecule has 0 N–H and O–H groups in total. The summed E-state index contributed by atoms with van der Waals surface area (Å²) in [4.78, 5) is 13.9. The number of benzene rings is 1. The molecule has 0 spiro atoms. The second kappa shape index (κ2) is 4.46. The first-order chi connectivity index (χ1) is 7.91. The van der Waals surface area contributed by atoms with E-state index in [0.29, 0.717) is 10.9 Å². The van der Waals surface area contributed by atoms with E-state index in [0.717, 1.165) is 0 Å². The molecule has 0 bridgehead atoms. The van der Waals surface area contributed by atoms with Crippen molar-refractivity contribution in [3.05, 3.63) is 42.5 Å². The molecule has 0 saturated carbocycles. The third-order valence-electron chi connectivity index (χ3n) is 2.08. The summed E-state index contributed by atoms with van der Waals surface area (Å²) in [6.07, 6.45) is 0. The Morgan fingerprint density at radius 2 is 1.71 bits per heavy atom. The molecule has 1 aromatic heterocycles. The van der Waals surface area contributed by atoms with E-state index in [1.807, 2.05) is 0 Å². The predicted molar refractivity (Wildman–Crippen MR) is 68.4 cm³/mol. The first-order valence-electron chi connectivity index (χ1n) is 4.20. The van der Waals surface area contributed by atoms with Gasteiger partial charge >= 0.3 is 5.69 Å².